The second-order valence-corrected chi connectivity index (χ2v) is 2.84. The molecule has 0 aliphatic rings. The molecule has 3 N–H and O–H groups in total. The van der Waals surface area contributed by atoms with Gasteiger partial charge in [0, 0.05) is 0 Å². The third-order valence-electron chi connectivity index (χ3n) is 1.77. The highest BCUT2D eigenvalue weighted by Gasteiger charge is 2.04. The van der Waals surface area contributed by atoms with Crippen LogP contribution in [0.4, 0.5) is 0 Å². The molecule has 0 fully saturated rings. The number of aromatic hydroxyl groups is 1. The Bertz CT molecular complexity index is 391. The molecule has 0 bridgehead atoms. The molecule has 5 nitrogen and oxygen atoms in total. The van der Waals surface area contributed by atoms with Crippen molar-refractivity contribution >= 4 is 0 Å². The molecule has 0 unspecified atom stereocenters. The summed E-state index contributed by atoms with van der Waals surface area (Å²) >= 11 is 0. The number of aryl methyl sites for hydroxylation is 1. The third kappa shape index (κ3) is 2.21. The van der Waals surface area contributed by atoms with Crippen molar-refractivity contribution in [3.63, 3.8) is 0 Å². The molecule has 0 saturated carbocycles. The SMILES string of the molecule is CCCCc1[nH]c(=O)c(=O)[nH]c1O. The van der Waals surface area contributed by atoms with E-state index in [1.165, 1.54) is 0 Å². The molecular formula is C8H12N2O3. The topological polar surface area (TPSA) is 86.0 Å². The predicted molar refractivity (Wildman–Crippen MR) is 48.0 cm³/mol. The Labute approximate surface area is 74.4 Å². The van der Waals surface area contributed by atoms with E-state index in [0.29, 0.717) is 12.1 Å². The Morgan fingerprint density at radius 1 is 1.23 bits per heavy atom. The van der Waals surface area contributed by atoms with Crippen LogP contribution < -0.4 is 11.1 Å². The van der Waals surface area contributed by atoms with Gasteiger partial charge in [-0.2, -0.15) is 0 Å². The molecule has 0 amide bonds. The highest BCUT2D eigenvalue weighted by molar-refractivity contribution is 5.15. The van der Waals surface area contributed by atoms with Gasteiger partial charge in [-0.15, -0.1) is 0 Å². The van der Waals surface area contributed by atoms with Crippen LogP contribution in [0.1, 0.15) is 25.5 Å². The van der Waals surface area contributed by atoms with Crippen LogP contribution in [0.5, 0.6) is 5.88 Å². The molecule has 1 rings (SSSR count). The summed E-state index contributed by atoms with van der Waals surface area (Å²) in [6.45, 7) is 2.00. The Hall–Kier alpha value is -1.52. The second-order valence-electron chi connectivity index (χ2n) is 2.84. The van der Waals surface area contributed by atoms with Crippen LogP contribution in [0.3, 0.4) is 0 Å². The molecule has 1 aromatic rings. The first-order chi connectivity index (χ1) is 6.15. The highest BCUT2D eigenvalue weighted by atomic mass is 16.3. The molecule has 0 aliphatic heterocycles. The van der Waals surface area contributed by atoms with Crippen LogP contribution in [-0.2, 0) is 6.42 Å². The number of hydrogen-bond donors (Lipinski definition) is 3. The van der Waals surface area contributed by atoms with E-state index in [4.69, 9.17) is 0 Å². The lowest BCUT2D eigenvalue weighted by molar-refractivity contribution is 0.437. The van der Waals surface area contributed by atoms with E-state index in [-0.39, 0.29) is 5.88 Å². The normalized spacial score (nSPS) is 10.2. The van der Waals surface area contributed by atoms with Gasteiger partial charge in [-0.1, -0.05) is 13.3 Å². The maximum Gasteiger partial charge on any atom is 0.316 e. The molecule has 1 aromatic heterocycles. The maximum absolute atomic E-state index is 10.8. The van der Waals surface area contributed by atoms with E-state index in [1.54, 1.807) is 0 Å². The summed E-state index contributed by atoms with van der Waals surface area (Å²) in [6.07, 6.45) is 2.38. The van der Waals surface area contributed by atoms with E-state index in [9.17, 15) is 14.7 Å². The summed E-state index contributed by atoms with van der Waals surface area (Å²) in [6, 6.07) is 0. The van der Waals surface area contributed by atoms with Crippen molar-refractivity contribution in [1.29, 1.82) is 0 Å². The van der Waals surface area contributed by atoms with E-state index >= 15 is 0 Å². The summed E-state index contributed by atoms with van der Waals surface area (Å²) in [5.74, 6) is -0.238. The first-order valence-corrected chi connectivity index (χ1v) is 4.19. The quantitative estimate of drug-likeness (QED) is 0.583. The van der Waals surface area contributed by atoms with Gasteiger partial charge in [-0.05, 0) is 12.8 Å². The van der Waals surface area contributed by atoms with Crippen molar-refractivity contribution in [3.05, 3.63) is 26.4 Å². The fourth-order valence-corrected chi connectivity index (χ4v) is 1.03. The Morgan fingerprint density at radius 2 is 1.85 bits per heavy atom. The Balaban J connectivity index is 3.02. The van der Waals surface area contributed by atoms with Crippen LogP contribution in [0.15, 0.2) is 9.59 Å². The van der Waals surface area contributed by atoms with Crippen molar-refractivity contribution in [1.82, 2.24) is 9.97 Å². The monoisotopic (exact) mass is 184 g/mol. The average molecular weight is 184 g/mol. The number of hydrogen-bond acceptors (Lipinski definition) is 3. The molecule has 0 radical (unpaired) electrons. The van der Waals surface area contributed by atoms with E-state index in [0.717, 1.165) is 12.8 Å². The summed E-state index contributed by atoms with van der Waals surface area (Å²) in [5, 5.41) is 9.22. The summed E-state index contributed by atoms with van der Waals surface area (Å²) in [5.41, 5.74) is -1.15. The van der Waals surface area contributed by atoms with Crippen molar-refractivity contribution < 1.29 is 5.11 Å². The summed E-state index contributed by atoms with van der Waals surface area (Å²) < 4.78 is 0. The molecule has 0 aromatic carbocycles. The number of H-pyrrole nitrogens is 2. The minimum Gasteiger partial charge on any atom is -0.493 e. The molecule has 13 heavy (non-hydrogen) atoms. The van der Waals surface area contributed by atoms with E-state index in [1.807, 2.05) is 6.92 Å². The number of nitrogens with one attached hydrogen (secondary N) is 2. The zero-order valence-corrected chi connectivity index (χ0v) is 7.39. The smallest absolute Gasteiger partial charge is 0.316 e. The molecule has 0 aliphatic carbocycles. The largest absolute Gasteiger partial charge is 0.493 e. The van der Waals surface area contributed by atoms with Crippen LogP contribution in [-0.4, -0.2) is 15.1 Å². The first kappa shape index (κ1) is 9.57. The van der Waals surface area contributed by atoms with Gasteiger partial charge < -0.3 is 10.1 Å². The zero-order chi connectivity index (χ0) is 9.84. The molecule has 1 heterocycles. The number of rotatable bonds is 3. The van der Waals surface area contributed by atoms with Gasteiger partial charge in [-0.25, -0.2) is 0 Å². The molecule has 0 spiro atoms. The van der Waals surface area contributed by atoms with Gasteiger partial charge in [0.1, 0.15) is 0 Å². The van der Waals surface area contributed by atoms with Crippen molar-refractivity contribution in [2.45, 2.75) is 26.2 Å². The molecule has 0 saturated heterocycles. The second kappa shape index (κ2) is 3.93. The average Bonchev–Trinajstić information content (AvgIpc) is 2.09. The van der Waals surface area contributed by atoms with Crippen LogP contribution in [0.2, 0.25) is 0 Å². The maximum atomic E-state index is 10.8. The molecular weight excluding hydrogens is 172 g/mol. The van der Waals surface area contributed by atoms with Gasteiger partial charge in [0.2, 0.25) is 5.88 Å². The standard InChI is InChI=1S/C8H12N2O3/c1-2-3-4-5-6(11)10-8(13)7(12)9-5/h2-4H2,1H3,(H,9,12)(H2,10,11,13). The first-order valence-electron chi connectivity index (χ1n) is 4.19. The Kier molecular flexibility index (Phi) is 2.89. The summed E-state index contributed by atoms with van der Waals surface area (Å²) in [7, 11) is 0. The molecule has 5 heteroatoms. The fourth-order valence-electron chi connectivity index (χ4n) is 1.03. The number of aromatic nitrogens is 2. The van der Waals surface area contributed by atoms with Crippen LogP contribution >= 0.6 is 0 Å². The van der Waals surface area contributed by atoms with Crippen LogP contribution in [0, 0.1) is 0 Å². The van der Waals surface area contributed by atoms with Gasteiger partial charge >= 0.3 is 11.1 Å². The minimum absolute atomic E-state index is 0.238. The lowest BCUT2D eigenvalue weighted by Crippen LogP contribution is -2.30. The highest BCUT2D eigenvalue weighted by Crippen LogP contribution is 2.08. The van der Waals surface area contributed by atoms with Crippen molar-refractivity contribution in [2.75, 3.05) is 0 Å². The minimum atomic E-state index is -0.822. The van der Waals surface area contributed by atoms with Gasteiger partial charge in [0.25, 0.3) is 0 Å². The van der Waals surface area contributed by atoms with Crippen molar-refractivity contribution in [2.24, 2.45) is 0 Å². The van der Waals surface area contributed by atoms with Crippen LogP contribution in [0.25, 0.3) is 0 Å². The molecule has 72 valence electrons. The lowest BCUT2D eigenvalue weighted by atomic mass is 10.2. The van der Waals surface area contributed by atoms with Gasteiger partial charge in [-0.3, -0.25) is 14.6 Å². The number of unbranched alkanes of at least 4 members (excludes halogenated alkanes) is 1. The van der Waals surface area contributed by atoms with Crippen molar-refractivity contribution in [3.8, 4) is 5.88 Å². The Morgan fingerprint density at radius 3 is 2.46 bits per heavy atom. The molecule has 0 atom stereocenters. The third-order valence-corrected chi connectivity index (χ3v) is 1.77. The number of aromatic amines is 2. The van der Waals surface area contributed by atoms with E-state index in [2.05, 4.69) is 9.97 Å². The van der Waals surface area contributed by atoms with Gasteiger partial charge in [0.15, 0.2) is 0 Å². The summed E-state index contributed by atoms with van der Waals surface area (Å²) in [4.78, 5) is 26.0. The fraction of sp³-hybridized carbons (Fsp3) is 0.500. The predicted octanol–water partition coefficient (Wildman–Crippen LogP) is 0.111. The van der Waals surface area contributed by atoms with Gasteiger partial charge in [0.05, 0.1) is 5.69 Å². The lowest BCUT2D eigenvalue weighted by Gasteiger charge is -2.01. The van der Waals surface area contributed by atoms with E-state index < -0.39 is 11.1 Å². The zero-order valence-electron chi connectivity index (χ0n) is 7.39.